The fourth-order valence-corrected chi connectivity index (χ4v) is 2.79. The summed E-state index contributed by atoms with van der Waals surface area (Å²) in [5.41, 5.74) is 1.71. The number of aromatic nitrogens is 1. The number of ether oxygens (including phenoxy) is 2. The normalized spacial score (nSPS) is 11.2. The van der Waals surface area contributed by atoms with Gasteiger partial charge in [-0.3, -0.25) is 0 Å². The maximum absolute atomic E-state index is 13.7. The molecule has 4 nitrogen and oxygen atoms in total. The van der Waals surface area contributed by atoms with Crippen molar-refractivity contribution in [3.05, 3.63) is 65.1 Å². The fraction of sp³-hybridized carbons (Fsp3) is 0.150. The Kier molecular flexibility index (Phi) is 5.28. The van der Waals surface area contributed by atoms with Crippen LogP contribution in [0.2, 0.25) is 5.02 Å². The molecule has 0 N–H and O–H groups in total. The Labute approximate surface area is 155 Å². The predicted molar refractivity (Wildman–Crippen MR) is 100 cm³/mol. The average Bonchev–Trinajstić information content (AvgIpc) is 2.94. The van der Waals surface area contributed by atoms with Gasteiger partial charge in [0, 0.05) is 36.3 Å². The molecule has 0 saturated heterocycles. The smallest absolute Gasteiger partial charge is 0.330 e. The van der Waals surface area contributed by atoms with Gasteiger partial charge in [0.2, 0.25) is 0 Å². The maximum Gasteiger partial charge on any atom is 0.330 e. The molecule has 3 rings (SSSR count). The van der Waals surface area contributed by atoms with Crippen molar-refractivity contribution in [2.24, 2.45) is 7.05 Å². The van der Waals surface area contributed by atoms with E-state index in [4.69, 9.17) is 21.1 Å². The third-order valence-corrected chi connectivity index (χ3v) is 4.12. The third kappa shape index (κ3) is 3.73. The second kappa shape index (κ2) is 7.62. The molecule has 2 aromatic carbocycles. The van der Waals surface area contributed by atoms with Crippen LogP contribution < -0.4 is 4.74 Å². The number of rotatable bonds is 5. The summed E-state index contributed by atoms with van der Waals surface area (Å²) in [6.45, 7) is 2.07. The van der Waals surface area contributed by atoms with Crippen LogP contribution in [0.3, 0.4) is 0 Å². The first kappa shape index (κ1) is 18.0. The first-order valence-electron chi connectivity index (χ1n) is 8.05. The number of carbonyl (C=O) groups excluding carboxylic acids is 1. The van der Waals surface area contributed by atoms with Gasteiger partial charge in [-0.2, -0.15) is 0 Å². The molecule has 0 aliphatic heterocycles. The van der Waals surface area contributed by atoms with Crippen LogP contribution in [-0.4, -0.2) is 17.1 Å². The molecule has 0 atom stereocenters. The van der Waals surface area contributed by atoms with Gasteiger partial charge >= 0.3 is 5.97 Å². The van der Waals surface area contributed by atoms with Gasteiger partial charge in [-0.1, -0.05) is 17.7 Å². The SMILES string of the molecule is CCOC(=O)/C=C/c1cn(C)c2cccc(Oc3ccc(Cl)c(F)c3)c12. The van der Waals surface area contributed by atoms with Crippen molar-refractivity contribution in [1.29, 1.82) is 0 Å². The van der Waals surface area contributed by atoms with Crippen molar-refractivity contribution in [1.82, 2.24) is 4.57 Å². The van der Waals surface area contributed by atoms with Crippen molar-refractivity contribution < 1.29 is 18.7 Å². The quantitative estimate of drug-likeness (QED) is 0.447. The Bertz CT molecular complexity index is 994. The number of fused-ring (bicyclic) bond motifs is 1. The number of halogens is 2. The van der Waals surface area contributed by atoms with E-state index >= 15 is 0 Å². The van der Waals surface area contributed by atoms with E-state index in [0.29, 0.717) is 18.1 Å². The Morgan fingerprint density at radius 1 is 1.31 bits per heavy atom. The molecule has 0 aliphatic rings. The molecule has 0 spiro atoms. The lowest BCUT2D eigenvalue weighted by molar-refractivity contribution is -0.137. The van der Waals surface area contributed by atoms with E-state index in [1.54, 1.807) is 25.1 Å². The van der Waals surface area contributed by atoms with Gasteiger partial charge in [-0.25, -0.2) is 9.18 Å². The summed E-state index contributed by atoms with van der Waals surface area (Å²) in [4.78, 5) is 11.6. The summed E-state index contributed by atoms with van der Waals surface area (Å²) in [5, 5.41) is 0.847. The minimum atomic E-state index is -0.549. The first-order chi connectivity index (χ1) is 12.5. The van der Waals surface area contributed by atoms with Crippen molar-refractivity contribution in [2.45, 2.75) is 6.92 Å². The summed E-state index contributed by atoms with van der Waals surface area (Å²) in [6.07, 6.45) is 4.93. The van der Waals surface area contributed by atoms with Crippen molar-refractivity contribution >= 4 is 34.5 Å². The lowest BCUT2D eigenvalue weighted by Gasteiger charge is -2.09. The van der Waals surface area contributed by atoms with Gasteiger partial charge < -0.3 is 14.0 Å². The Morgan fingerprint density at radius 3 is 2.85 bits per heavy atom. The number of nitrogens with zero attached hydrogens (tertiary/aromatic N) is 1. The van der Waals surface area contributed by atoms with E-state index in [-0.39, 0.29) is 5.02 Å². The summed E-state index contributed by atoms with van der Waals surface area (Å²) < 4.78 is 26.4. The van der Waals surface area contributed by atoms with Gasteiger partial charge in [0.15, 0.2) is 0 Å². The van der Waals surface area contributed by atoms with Crippen molar-refractivity contribution in [3.8, 4) is 11.5 Å². The Morgan fingerprint density at radius 2 is 2.12 bits per heavy atom. The van der Waals surface area contributed by atoms with E-state index in [9.17, 15) is 9.18 Å². The summed E-state index contributed by atoms with van der Waals surface area (Å²) in [7, 11) is 1.90. The molecule has 0 saturated carbocycles. The predicted octanol–water partition coefficient (Wildman–Crippen LogP) is 5.34. The Hall–Kier alpha value is -2.79. The number of hydrogen-bond acceptors (Lipinski definition) is 3. The molecular formula is C20H17ClFNO3. The monoisotopic (exact) mass is 373 g/mol. The number of aryl methyl sites for hydroxylation is 1. The molecule has 1 aromatic heterocycles. The molecule has 6 heteroatoms. The molecule has 0 bridgehead atoms. The first-order valence-corrected chi connectivity index (χ1v) is 8.43. The van der Waals surface area contributed by atoms with Crippen LogP contribution in [0.1, 0.15) is 12.5 Å². The zero-order chi connectivity index (χ0) is 18.7. The summed E-state index contributed by atoms with van der Waals surface area (Å²) >= 11 is 5.72. The van der Waals surface area contributed by atoms with E-state index in [1.165, 1.54) is 18.2 Å². The largest absolute Gasteiger partial charge is 0.463 e. The molecule has 0 radical (unpaired) electrons. The van der Waals surface area contributed by atoms with Gasteiger partial charge in [-0.05, 0) is 37.3 Å². The molecule has 0 fully saturated rings. The molecule has 0 amide bonds. The number of hydrogen-bond donors (Lipinski definition) is 0. The number of benzene rings is 2. The third-order valence-electron chi connectivity index (χ3n) is 3.81. The van der Waals surface area contributed by atoms with Crippen LogP contribution in [0.5, 0.6) is 11.5 Å². The zero-order valence-electron chi connectivity index (χ0n) is 14.3. The Balaban J connectivity index is 2.02. The number of carbonyl (C=O) groups is 1. The van der Waals surface area contributed by atoms with E-state index in [0.717, 1.165) is 16.5 Å². The van der Waals surface area contributed by atoms with Crippen LogP contribution in [0.25, 0.3) is 17.0 Å². The van der Waals surface area contributed by atoms with Crippen LogP contribution in [0.4, 0.5) is 4.39 Å². The summed E-state index contributed by atoms with van der Waals surface area (Å²) in [5.74, 6) is -0.0774. The second-order valence-corrected chi connectivity index (χ2v) is 6.02. The van der Waals surface area contributed by atoms with E-state index in [2.05, 4.69) is 0 Å². The molecular weight excluding hydrogens is 357 g/mol. The highest BCUT2D eigenvalue weighted by Crippen LogP contribution is 2.35. The van der Waals surface area contributed by atoms with Gasteiger partial charge in [0.25, 0.3) is 0 Å². The van der Waals surface area contributed by atoms with Gasteiger partial charge in [0.05, 0.1) is 17.1 Å². The molecule has 26 heavy (non-hydrogen) atoms. The van der Waals surface area contributed by atoms with Crippen molar-refractivity contribution in [2.75, 3.05) is 6.61 Å². The number of esters is 1. The second-order valence-electron chi connectivity index (χ2n) is 5.61. The van der Waals surface area contributed by atoms with E-state index < -0.39 is 11.8 Å². The van der Waals surface area contributed by atoms with Crippen LogP contribution in [0, 0.1) is 5.82 Å². The standard InChI is InChI=1S/C20H17ClFNO3/c1-3-25-19(24)10-7-13-12-23(2)17-5-4-6-18(20(13)17)26-14-8-9-15(21)16(22)11-14/h4-12H,3H2,1-2H3/b10-7+. The van der Waals surface area contributed by atoms with Crippen LogP contribution in [0.15, 0.2) is 48.7 Å². The van der Waals surface area contributed by atoms with E-state index in [1.807, 2.05) is 29.9 Å². The van der Waals surface area contributed by atoms with Gasteiger partial charge in [0.1, 0.15) is 17.3 Å². The van der Waals surface area contributed by atoms with Crippen LogP contribution >= 0.6 is 11.6 Å². The molecule has 0 unspecified atom stereocenters. The average molecular weight is 374 g/mol. The minimum absolute atomic E-state index is 0.0355. The zero-order valence-corrected chi connectivity index (χ0v) is 15.1. The maximum atomic E-state index is 13.7. The highest BCUT2D eigenvalue weighted by Gasteiger charge is 2.12. The molecule has 0 aliphatic carbocycles. The molecule has 3 aromatic rings. The highest BCUT2D eigenvalue weighted by atomic mass is 35.5. The molecule has 134 valence electrons. The topological polar surface area (TPSA) is 40.5 Å². The van der Waals surface area contributed by atoms with Crippen LogP contribution in [-0.2, 0) is 16.6 Å². The fourth-order valence-electron chi connectivity index (χ4n) is 2.67. The van der Waals surface area contributed by atoms with Crippen molar-refractivity contribution in [3.63, 3.8) is 0 Å². The highest BCUT2D eigenvalue weighted by molar-refractivity contribution is 6.30. The van der Waals surface area contributed by atoms with Gasteiger partial charge in [-0.15, -0.1) is 0 Å². The molecule has 1 heterocycles. The lowest BCUT2D eigenvalue weighted by Crippen LogP contribution is -1.98. The lowest BCUT2D eigenvalue weighted by atomic mass is 10.1. The summed E-state index contributed by atoms with van der Waals surface area (Å²) in [6, 6.07) is 9.85. The minimum Gasteiger partial charge on any atom is -0.463 e.